The van der Waals surface area contributed by atoms with Crippen molar-refractivity contribution in [2.45, 2.75) is 39.3 Å². The molecule has 1 aliphatic carbocycles. The van der Waals surface area contributed by atoms with Crippen LogP contribution in [0.5, 0.6) is 5.75 Å². The Bertz CT molecular complexity index is 358. The van der Waals surface area contributed by atoms with Crippen molar-refractivity contribution < 1.29 is 4.74 Å². The molecule has 4 heteroatoms. The second-order valence-corrected chi connectivity index (χ2v) is 5.02. The summed E-state index contributed by atoms with van der Waals surface area (Å²) in [5.41, 5.74) is 1.09. The van der Waals surface area contributed by atoms with E-state index in [0.717, 1.165) is 50.3 Å². The minimum atomic E-state index is 0.725. The Morgan fingerprint density at radius 2 is 2.11 bits per heavy atom. The quantitative estimate of drug-likeness (QED) is 0.740. The van der Waals surface area contributed by atoms with Gasteiger partial charge in [0.1, 0.15) is 12.4 Å². The van der Waals surface area contributed by atoms with Crippen molar-refractivity contribution in [3.8, 4) is 5.75 Å². The third-order valence-corrected chi connectivity index (χ3v) is 3.52. The first kappa shape index (κ1) is 14.3. The summed E-state index contributed by atoms with van der Waals surface area (Å²) in [7, 11) is 0. The number of rotatable bonds is 9. The van der Waals surface area contributed by atoms with Crippen LogP contribution in [0, 0.1) is 0 Å². The van der Waals surface area contributed by atoms with Crippen molar-refractivity contribution in [2.75, 3.05) is 26.2 Å². The van der Waals surface area contributed by atoms with Crippen LogP contribution in [-0.2, 0) is 6.54 Å². The zero-order valence-corrected chi connectivity index (χ0v) is 12.1. The second kappa shape index (κ2) is 7.46. The SMILES string of the molecule is CCN(CC)CCOc1ccc(CNC2CC2)nc1. The number of nitrogens with one attached hydrogen (secondary N) is 1. The third kappa shape index (κ3) is 5.17. The molecule has 0 radical (unpaired) electrons. The van der Waals surface area contributed by atoms with Crippen LogP contribution in [0.3, 0.4) is 0 Å². The monoisotopic (exact) mass is 263 g/mol. The summed E-state index contributed by atoms with van der Waals surface area (Å²) in [4.78, 5) is 6.76. The Kier molecular flexibility index (Phi) is 5.61. The molecule has 0 bridgehead atoms. The number of likely N-dealkylation sites (N-methyl/N-ethyl adjacent to an activating group) is 1. The van der Waals surface area contributed by atoms with Crippen LogP contribution in [0.4, 0.5) is 0 Å². The molecule has 1 N–H and O–H groups in total. The molecular formula is C15H25N3O. The predicted octanol–water partition coefficient (Wildman–Crippen LogP) is 2.05. The lowest BCUT2D eigenvalue weighted by molar-refractivity contribution is 0.222. The van der Waals surface area contributed by atoms with E-state index in [4.69, 9.17) is 4.74 Å². The normalized spacial score (nSPS) is 14.9. The Morgan fingerprint density at radius 1 is 1.32 bits per heavy atom. The van der Waals surface area contributed by atoms with Gasteiger partial charge in [0.15, 0.2) is 0 Å². The zero-order chi connectivity index (χ0) is 13.5. The molecule has 1 aliphatic rings. The Balaban J connectivity index is 1.68. The van der Waals surface area contributed by atoms with E-state index >= 15 is 0 Å². The summed E-state index contributed by atoms with van der Waals surface area (Å²) in [5, 5.41) is 3.46. The fourth-order valence-corrected chi connectivity index (χ4v) is 1.97. The number of pyridine rings is 1. The van der Waals surface area contributed by atoms with E-state index in [-0.39, 0.29) is 0 Å². The average molecular weight is 263 g/mol. The van der Waals surface area contributed by atoms with Crippen molar-refractivity contribution in [3.63, 3.8) is 0 Å². The minimum Gasteiger partial charge on any atom is -0.491 e. The molecule has 1 aromatic rings. The van der Waals surface area contributed by atoms with Gasteiger partial charge in [-0.05, 0) is 38.1 Å². The highest BCUT2D eigenvalue weighted by Crippen LogP contribution is 2.19. The third-order valence-electron chi connectivity index (χ3n) is 3.52. The number of nitrogens with zero attached hydrogens (tertiary/aromatic N) is 2. The molecule has 2 rings (SSSR count). The van der Waals surface area contributed by atoms with Gasteiger partial charge in [-0.2, -0.15) is 0 Å². The average Bonchev–Trinajstić information content (AvgIpc) is 3.27. The molecule has 0 amide bonds. The summed E-state index contributed by atoms with van der Waals surface area (Å²) in [6, 6.07) is 4.79. The molecule has 106 valence electrons. The minimum absolute atomic E-state index is 0.725. The van der Waals surface area contributed by atoms with E-state index in [2.05, 4.69) is 29.0 Å². The predicted molar refractivity (Wildman–Crippen MR) is 77.4 cm³/mol. The number of aromatic nitrogens is 1. The van der Waals surface area contributed by atoms with Crippen LogP contribution in [0.25, 0.3) is 0 Å². The van der Waals surface area contributed by atoms with Crippen molar-refractivity contribution in [2.24, 2.45) is 0 Å². The summed E-state index contributed by atoms with van der Waals surface area (Å²) >= 11 is 0. The van der Waals surface area contributed by atoms with Gasteiger partial charge >= 0.3 is 0 Å². The molecule has 1 aromatic heterocycles. The van der Waals surface area contributed by atoms with Gasteiger partial charge < -0.3 is 15.0 Å². The molecule has 0 aliphatic heterocycles. The molecule has 0 aromatic carbocycles. The summed E-state index contributed by atoms with van der Waals surface area (Å²) in [5.74, 6) is 0.863. The van der Waals surface area contributed by atoms with E-state index in [1.165, 1.54) is 12.8 Å². The molecule has 1 heterocycles. The first-order chi connectivity index (χ1) is 9.31. The standard InChI is InChI=1S/C15H25N3O/c1-3-18(4-2)9-10-19-15-8-7-14(17-12-15)11-16-13-5-6-13/h7-8,12-13,16H,3-6,9-11H2,1-2H3. The number of hydrogen-bond acceptors (Lipinski definition) is 4. The fourth-order valence-electron chi connectivity index (χ4n) is 1.97. The van der Waals surface area contributed by atoms with Crippen molar-refractivity contribution >= 4 is 0 Å². The molecule has 4 nitrogen and oxygen atoms in total. The van der Waals surface area contributed by atoms with Gasteiger partial charge in [-0.3, -0.25) is 4.98 Å². The van der Waals surface area contributed by atoms with Crippen LogP contribution in [0.1, 0.15) is 32.4 Å². The Labute approximate surface area is 116 Å². The van der Waals surface area contributed by atoms with Crippen LogP contribution >= 0.6 is 0 Å². The number of hydrogen-bond donors (Lipinski definition) is 1. The highest BCUT2D eigenvalue weighted by Gasteiger charge is 2.19. The van der Waals surface area contributed by atoms with Gasteiger partial charge in [0, 0.05) is 19.1 Å². The van der Waals surface area contributed by atoms with Crippen molar-refractivity contribution in [1.82, 2.24) is 15.2 Å². The summed E-state index contributed by atoms with van der Waals surface area (Å²) in [6.45, 7) is 9.05. The Morgan fingerprint density at radius 3 is 2.68 bits per heavy atom. The van der Waals surface area contributed by atoms with Gasteiger partial charge in [-0.25, -0.2) is 0 Å². The molecule has 19 heavy (non-hydrogen) atoms. The van der Waals surface area contributed by atoms with Crippen LogP contribution in [-0.4, -0.2) is 42.2 Å². The molecule has 0 unspecified atom stereocenters. The van der Waals surface area contributed by atoms with Crippen molar-refractivity contribution in [3.05, 3.63) is 24.0 Å². The first-order valence-corrected chi connectivity index (χ1v) is 7.35. The largest absolute Gasteiger partial charge is 0.491 e. The smallest absolute Gasteiger partial charge is 0.137 e. The lowest BCUT2D eigenvalue weighted by atomic mass is 10.3. The van der Waals surface area contributed by atoms with Crippen LogP contribution in [0.2, 0.25) is 0 Å². The molecule has 1 fully saturated rings. The van der Waals surface area contributed by atoms with E-state index in [1.807, 2.05) is 18.3 Å². The van der Waals surface area contributed by atoms with E-state index < -0.39 is 0 Å². The van der Waals surface area contributed by atoms with Crippen molar-refractivity contribution in [1.29, 1.82) is 0 Å². The van der Waals surface area contributed by atoms with E-state index in [1.54, 1.807) is 0 Å². The van der Waals surface area contributed by atoms with E-state index in [9.17, 15) is 0 Å². The topological polar surface area (TPSA) is 37.4 Å². The summed E-state index contributed by atoms with van der Waals surface area (Å²) < 4.78 is 5.71. The van der Waals surface area contributed by atoms with Crippen LogP contribution < -0.4 is 10.1 Å². The maximum absolute atomic E-state index is 5.71. The highest BCUT2D eigenvalue weighted by molar-refractivity contribution is 5.19. The maximum Gasteiger partial charge on any atom is 0.137 e. The molecule has 0 spiro atoms. The van der Waals surface area contributed by atoms with E-state index in [0.29, 0.717) is 0 Å². The molecule has 1 saturated carbocycles. The van der Waals surface area contributed by atoms with Crippen LogP contribution in [0.15, 0.2) is 18.3 Å². The first-order valence-electron chi connectivity index (χ1n) is 7.35. The lowest BCUT2D eigenvalue weighted by Gasteiger charge is -2.17. The Hall–Kier alpha value is -1.13. The lowest BCUT2D eigenvalue weighted by Crippen LogP contribution is -2.27. The van der Waals surface area contributed by atoms with Gasteiger partial charge in [0.25, 0.3) is 0 Å². The number of ether oxygens (including phenoxy) is 1. The second-order valence-electron chi connectivity index (χ2n) is 5.02. The molecular weight excluding hydrogens is 238 g/mol. The summed E-state index contributed by atoms with van der Waals surface area (Å²) in [6.07, 6.45) is 4.45. The van der Waals surface area contributed by atoms with Gasteiger partial charge in [-0.15, -0.1) is 0 Å². The maximum atomic E-state index is 5.71. The van der Waals surface area contributed by atoms with Gasteiger partial charge in [0.05, 0.1) is 11.9 Å². The fraction of sp³-hybridized carbons (Fsp3) is 0.667. The molecule has 0 atom stereocenters. The zero-order valence-electron chi connectivity index (χ0n) is 12.1. The van der Waals surface area contributed by atoms with Gasteiger partial charge in [-0.1, -0.05) is 13.8 Å². The molecule has 0 saturated heterocycles. The highest BCUT2D eigenvalue weighted by atomic mass is 16.5. The van der Waals surface area contributed by atoms with Gasteiger partial charge in [0.2, 0.25) is 0 Å².